The second-order valence-corrected chi connectivity index (χ2v) is 7.63. The second kappa shape index (κ2) is 4.87. The molecular formula is C17H27N3. The molecule has 5 rings (SSSR count). The van der Waals surface area contributed by atoms with Crippen LogP contribution in [0.15, 0.2) is 12.4 Å². The van der Waals surface area contributed by atoms with Crippen molar-refractivity contribution in [2.45, 2.75) is 44.6 Å². The van der Waals surface area contributed by atoms with Gasteiger partial charge < -0.3 is 5.32 Å². The number of nitrogens with one attached hydrogen (secondary N) is 1. The van der Waals surface area contributed by atoms with Crippen molar-refractivity contribution < 1.29 is 0 Å². The first-order chi connectivity index (χ1) is 9.72. The van der Waals surface area contributed by atoms with Crippen LogP contribution in [0.1, 0.15) is 37.7 Å². The van der Waals surface area contributed by atoms with Crippen molar-refractivity contribution in [1.29, 1.82) is 0 Å². The summed E-state index contributed by atoms with van der Waals surface area (Å²) < 4.78 is 1.93. The number of hydrogen-bond donors (Lipinski definition) is 1. The topological polar surface area (TPSA) is 29.9 Å². The molecule has 4 aliphatic carbocycles. The minimum atomic E-state index is 0.647. The Hall–Kier alpha value is -0.830. The summed E-state index contributed by atoms with van der Waals surface area (Å²) in [4.78, 5) is 0. The van der Waals surface area contributed by atoms with Gasteiger partial charge in [0.15, 0.2) is 0 Å². The Morgan fingerprint density at radius 3 is 2.35 bits per heavy atom. The van der Waals surface area contributed by atoms with Crippen molar-refractivity contribution in [2.75, 3.05) is 7.05 Å². The fraction of sp³-hybridized carbons (Fsp3) is 0.824. The lowest BCUT2D eigenvalue weighted by Gasteiger charge is -2.56. The maximum atomic E-state index is 4.33. The molecule has 0 amide bonds. The quantitative estimate of drug-likeness (QED) is 0.914. The number of aryl methyl sites for hydroxylation is 1. The fourth-order valence-electron chi connectivity index (χ4n) is 5.89. The van der Waals surface area contributed by atoms with Crippen LogP contribution in [-0.4, -0.2) is 22.9 Å². The molecule has 3 heteroatoms. The van der Waals surface area contributed by atoms with Gasteiger partial charge in [-0.15, -0.1) is 0 Å². The first kappa shape index (κ1) is 12.9. The summed E-state index contributed by atoms with van der Waals surface area (Å²) in [6.07, 6.45) is 13.0. The van der Waals surface area contributed by atoms with E-state index in [4.69, 9.17) is 0 Å². The molecule has 1 N–H and O–H groups in total. The highest BCUT2D eigenvalue weighted by atomic mass is 15.2. The normalized spacial score (nSPS) is 40.2. The molecule has 0 aliphatic heterocycles. The van der Waals surface area contributed by atoms with Crippen LogP contribution in [0, 0.1) is 29.6 Å². The summed E-state index contributed by atoms with van der Waals surface area (Å²) in [7, 11) is 4.17. The van der Waals surface area contributed by atoms with Gasteiger partial charge in [0.2, 0.25) is 0 Å². The summed E-state index contributed by atoms with van der Waals surface area (Å²) in [6.45, 7) is 0. The van der Waals surface area contributed by atoms with Crippen LogP contribution < -0.4 is 5.32 Å². The minimum absolute atomic E-state index is 0.647. The molecule has 1 unspecified atom stereocenters. The number of aromatic nitrogens is 2. The number of hydrogen-bond acceptors (Lipinski definition) is 2. The first-order valence-corrected chi connectivity index (χ1v) is 8.37. The van der Waals surface area contributed by atoms with E-state index in [1.165, 1.54) is 31.2 Å². The fourth-order valence-corrected chi connectivity index (χ4v) is 5.89. The molecule has 4 saturated carbocycles. The highest BCUT2D eigenvalue weighted by Gasteiger charge is 2.50. The Morgan fingerprint density at radius 1 is 1.20 bits per heavy atom. The molecule has 4 fully saturated rings. The summed E-state index contributed by atoms with van der Waals surface area (Å²) in [5.74, 6) is 5.06. The average Bonchev–Trinajstić information content (AvgIpc) is 2.81. The molecular weight excluding hydrogens is 246 g/mol. The molecule has 3 nitrogen and oxygen atoms in total. The maximum absolute atomic E-state index is 4.33. The molecule has 1 aromatic rings. The van der Waals surface area contributed by atoms with E-state index in [0.29, 0.717) is 6.04 Å². The van der Waals surface area contributed by atoms with E-state index in [-0.39, 0.29) is 0 Å². The van der Waals surface area contributed by atoms with Crippen LogP contribution in [0.25, 0.3) is 0 Å². The molecule has 4 aliphatic rings. The molecule has 4 bridgehead atoms. The van der Waals surface area contributed by atoms with Gasteiger partial charge in [-0.3, -0.25) is 4.68 Å². The average molecular weight is 273 g/mol. The van der Waals surface area contributed by atoms with E-state index in [2.05, 4.69) is 23.7 Å². The third kappa shape index (κ3) is 2.11. The predicted octanol–water partition coefficient (Wildman–Crippen LogP) is 2.62. The zero-order valence-corrected chi connectivity index (χ0v) is 12.8. The zero-order valence-electron chi connectivity index (χ0n) is 12.8. The molecule has 20 heavy (non-hydrogen) atoms. The Morgan fingerprint density at radius 2 is 1.85 bits per heavy atom. The van der Waals surface area contributed by atoms with Crippen molar-refractivity contribution in [2.24, 2.45) is 36.6 Å². The molecule has 1 aromatic heterocycles. The second-order valence-electron chi connectivity index (χ2n) is 7.63. The van der Waals surface area contributed by atoms with E-state index < -0.39 is 0 Å². The SMILES string of the molecule is CNC(Cc1cnn(C)c1)C1C2CC3CC(C2)CC1C3. The molecule has 0 spiro atoms. The number of rotatable bonds is 4. The molecule has 0 radical (unpaired) electrons. The van der Waals surface area contributed by atoms with Crippen LogP contribution in [0.3, 0.4) is 0 Å². The van der Waals surface area contributed by atoms with E-state index in [9.17, 15) is 0 Å². The van der Waals surface area contributed by atoms with E-state index >= 15 is 0 Å². The van der Waals surface area contributed by atoms with Gasteiger partial charge in [-0.05, 0) is 80.7 Å². The summed E-state index contributed by atoms with van der Waals surface area (Å²) >= 11 is 0. The van der Waals surface area contributed by atoms with Gasteiger partial charge in [0.1, 0.15) is 0 Å². The summed E-state index contributed by atoms with van der Waals surface area (Å²) in [5.41, 5.74) is 1.39. The Kier molecular flexibility index (Phi) is 3.13. The van der Waals surface area contributed by atoms with E-state index in [1.54, 1.807) is 6.42 Å². The lowest BCUT2D eigenvalue weighted by molar-refractivity contribution is -0.0507. The molecule has 0 saturated heterocycles. The van der Waals surface area contributed by atoms with E-state index in [0.717, 1.165) is 36.0 Å². The van der Waals surface area contributed by atoms with Gasteiger partial charge in [0, 0.05) is 19.3 Å². The van der Waals surface area contributed by atoms with Gasteiger partial charge in [-0.1, -0.05) is 0 Å². The summed E-state index contributed by atoms with van der Waals surface area (Å²) in [6, 6.07) is 0.647. The largest absolute Gasteiger partial charge is 0.316 e. The number of nitrogens with zero attached hydrogens (tertiary/aromatic N) is 2. The molecule has 110 valence electrons. The van der Waals surface area contributed by atoms with Gasteiger partial charge >= 0.3 is 0 Å². The smallest absolute Gasteiger partial charge is 0.0522 e. The van der Waals surface area contributed by atoms with Crippen LogP contribution >= 0.6 is 0 Å². The molecule has 0 aromatic carbocycles. The lowest BCUT2D eigenvalue weighted by atomic mass is 9.50. The zero-order chi connectivity index (χ0) is 13.7. The van der Waals surface area contributed by atoms with Crippen molar-refractivity contribution in [3.8, 4) is 0 Å². The van der Waals surface area contributed by atoms with E-state index in [1.807, 2.05) is 17.9 Å². The van der Waals surface area contributed by atoms with Crippen molar-refractivity contribution in [3.05, 3.63) is 18.0 Å². The number of likely N-dealkylation sites (N-methyl/N-ethyl adjacent to an activating group) is 1. The summed E-state index contributed by atoms with van der Waals surface area (Å²) in [5, 5.41) is 7.98. The Bertz CT molecular complexity index is 450. The molecule has 1 atom stereocenters. The third-order valence-corrected chi connectivity index (χ3v) is 6.35. The van der Waals surface area contributed by atoms with Crippen molar-refractivity contribution >= 4 is 0 Å². The van der Waals surface area contributed by atoms with Crippen LogP contribution in [0.2, 0.25) is 0 Å². The van der Waals surface area contributed by atoms with Gasteiger partial charge in [0.05, 0.1) is 6.20 Å². The van der Waals surface area contributed by atoms with Crippen LogP contribution in [0.4, 0.5) is 0 Å². The first-order valence-electron chi connectivity index (χ1n) is 8.37. The van der Waals surface area contributed by atoms with Gasteiger partial charge in [-0.2, -0.15) is 5.10 Å². The molecule has 1 heterocycles. The minimum Gasteiger partial charge on any atom is -0.316 e. The van der Waals surface area contributed by atoms with Crippen LogP contribution in [-0.2, 0) is 13.5 Å². The van der Waals surface area contributed by atoms with Gasteiger partial charge in [0.25, 0.3) is 0 Å². The maximum Gasteiger partial charge on any atom is 0.0522 e. The highest BCUT2D eigenvalue weighted by Crippen LogP contribution is 2.57. The standard InChI is InChI=1S/C17H27N3/c1-18-16(8-13-9-19-20(2)10-13)17-14-4-11-3-12(6-14)7-15(17)5-11/h9-12,14-18H,3-8H2,1-2H3. The van der Waals surface area contributed by atoms with Crippen LogP contribution in [0.5, 0.6) is 0 Å². The van der Waals surface area contributed by atoms with Gasteiger partial charge in [-0.25, -0.2) is 0 Å². The third-order valence-electron chi connectivity index (χ3n) is 6.35. The highest BCUT2D eigenvalue weighted by molar-refractivity contribution is 5.09. The monoisotopic (exact) mass is 273 g/mol. The van der Waals surface area contributed by atoms with Crippen molar-refractivity contribution in [1.82, 2.24) is 15.1 Å². The van der Waals surface area contributed by atoms with Crippen molar-refractivity contribution in [3.63, 3.8) is 0 Å². The Labute approximate surface area is 122 Å². The Balaban J connectivity index is 1.52. The predicted molar refractivity (Wildman–Crippen MR) is 80.3 cm³/mol. The lowest BCUT2D eigenvalue weighted by Crippen LogP contribution is -2.53.